The fraction of sp³-hybridized carbons (Fsp3) is 0.350. The zero-order valence-electron chi connectivity index (χ0n) is 16.3. The molecule has 0 saturated carbocycles. The molecule has 2 rings (SSSR count). The van der Waals surface area contributed by atoms with Crippen LogP contribution < -0.4 is 14.8 Å². The average molecular weight is 425 g/mol. The summed E-state index contributed by atoms with van der Waals surface area (Å²) in [5.74, 6) is 0.302. The summed E-state index contributed by atoms with van der Waals surface area (Å²) in [7, 11) is -3.73. The highest BCUT2D eigenvalue weighted by Crippen LogP contribution is 2.23. The van der Waals surface area contributed by atoms with Crippen molar-refractivity contribution in [1.29, 1.82) is 0 Å². The Balaban J connectivity index is 2.20. The number of nitrogens with one attached hydrogen (secondary N) is 2. The van der Waals surface area contributed by atoms with Crippen LogP contribution in [0.3, 0.4) is 0 Å². The number of hydrogen-bond donors (Lipinski definition) is 2. The Morgan fingerprint density at radius 2 is 1.75 bits per heavy atom. The van der Waals surface area contributed by atoms with Crippen molar-refractivity contribution in [3.63, 3.8) is 0 Å². The van der Waals surface area contributed by atoms with E-state index < -0.39 is 15.9 Å². The second-order valence-corrected chi connectivity index (χ2v) is 8.74. The number of amides is 1. The summed E-state index contributed by atoms with van der Waals surface area (Å²) in [4.78, 5) is 12.7. The first-order chi connectivity index (χ1) is 13.1. The molecule has 1 amide bonds. The van der Waals surface area contributed by atoms with Crippen LogP contribution in [0.5, 0.6) is 5.75 Å². The second kappa shape index (κ2) is 9.41. The van der Waals surface area contributed by atoms with E-state index in [1.165, 1.54) is 18.2 Å². The van der Waals surface area contributed by atoms with Crippen LogP contribution in [0, 0.1) is 0 Å². The van der Waals surface area contributed by atoms with E-state index in [0.29, 0.717) is 6.61 Å². The van der Waals surface area contributed by atoms with Crippen molar-refractivity contribution in [2.24, 2.45) is 0 Å². The maximum Gasteiger partial charge on any atom is 0.253 e. The molecule has 0 bridgehead atoms. The fourth-order valence-corrected chi connectivity index (χ4v) is 4.08. The molecular weight excluding hydrogens is 400 g/mol. The van der Waals surface area contributed by atoms with E-state index >= 15 is 0 Å². The van der Waals surface area contributed by atoms with E-state index in [1.807, 2.05) is 38.1 Å². The number of carbonyl (C=O) groups excluding carboxylic acids is 1. The number of rotatable bonds is 8. The number of ether oxygens (including phenoxy) is 1. The highest BCUT2D eigenvalue weighted by Gasteiger charge is 2.20. The summed E-state index contributed by atoms with van der Waals surface area (Å²) in [5, 5.41) is 3.03. The molecule has 0 aliphatic carbocycles. The summed E-state index contributed by atoms with van der Waals surface area (Å²) in [5.41, 5.74) is 0.990. The number of halogens is 1. The van der Waals surface area contributed by atoms with E-state index in [2.05, 4.69) is 10.0 Å². The van der Waals surface area contributed by atoms with Crippen LogP contribution in [0.2, 0.25) is 5.02 Å². The van der Waals surface area contributed by atoms with Gasteiger partial charge in [0, 0.05) is 6.04 Å². The van der Waals surface area contributed by atoms with Crippen molar-refractivity contribution < 1.29 is 17.9 Å². The van der Waals surface area contributed by atoms with Gasteiger partial charge in [-0.1, -0.05) is 23.7 Å². The first kappa shape index (κ1) is 22.2. The van der Waals surface area contributed by atoms with Crippen molar-refractivity contribution in [2.75, 3.05) is 6.61 Å². The molecule has 0 saturated heterocycles. The Bertz CT molecular complexity index is 928. The number of sulfonamides is 1. The molecular formula is C20H25ClN2O4S. The normalized spacial score (nSPS) is 12.6. The fourth-order valence-electron chi connectivity index (χ4n) is 2.60. The molecule has 2 aromatic carbocycles. The molecule has 152 valence electrons. The van der Waals surface area contributed by atoms with Crippen LogP contribution in [-0.2, 0) is 10.0 Å². The Kier molecular flexibility index (Phi) is 7.46. The molecule has 0 radical (unpaired) electrons. The van der Waals surface area contributed by atoms with Crippen molar-refractivity contribution in [3.05, 3.63) is 58.6 Å². The van der Waals surface area contributed by atoms with Crippen LogP contribution in [0.1, 0.15) is 49.7 Å². The molecule has 0 aliphatic rings. The predicted octanol–water partition coefficient (Wildman–Crippen LogP) is 3.92. The van der Waals surface area contributed by atoms with Crippen molar-refractivity contribution >= 4 is 27.5 Å². The lowest BCUT2D eigenvalue weighted by Gasteiger charge is -2.16. The molecule has 2 aromatic rings. The van der Waals surface area contributed by atoms with Gasteiger partial charge in [-0.25, -0.2) is 13.1 Å². The summed E-state index contributed by atoms with van der Waals surface area (Å²) < 4.78 is 32.6. The molecule has 0 heterocycles. The van der Waals surface area contributed by atoms with Crippen molar-refractivity contribution in [2.45, 2.75) is 44.7 Å². The third-order valence-electron chi connectivity index (χ3n) is 3.92. The summed E-state index contributed by atoms with van der Waals surface area (Å²) in [6.45, 7) is 7.77. The predicted molar refractivity (Wildman–Crippen MR) is 110 cm³/mol. The quantitative estimate of drug-likeness (QED) is 0.672. The standard InChI is InChI=1S/C20H25ClN2O4S/c1-5-27-16-8-6-15(7-9-16)14(4)22-20(24)18-12-17(10-11-19(18)21)28(25,26)23-13(2)3/h6-14,23H,5H2,1-4H3,(H,22,24). The smallest absolute Gasteiger partial charge is 0.253 e. The van der Waals surface area contributed by atoms with E-state index in [-0.39, 0.29) is 27.6 Å². The van der Waals surface area contributed by atoms with Gasteiger partial charge in [-0.15, -0.1) is 0 Å². The molecule has 2 N–H and O–H groups in total. The average Bonchev–Trinajstić information content (AvgIpc) is 2.61. The van der Waals surface area contributed by atoms with E-state index in [9.17, 15) is 13.2 Å². The Morgan fingerprint density at radius 1 is 1.11 bits per heavy atom. The molecule has 0 aromatic heterocycles. The van der Waals surface area contributed by atoms with Crippen LogP contribution in [-0.4, -0.2) is 27.0 Å². The third-order valence-corrected chi connectivity index (χ3v) is 5.91. The first-order valence-corrected chi connectivity index (χ1v) is 10.9. The lowest BCUT2D eigenvalue weighted by atomic mass is 10.1. The lowest BCUT2D eigenvalue weighted by molar-refractivity contribution is 0.0940. The first-order valence-electron chi connectivity index (χ1n) is 8.99. The van der Waals surface area contributed by atoms with Crippen LogP contribution in [0.25, 0.3) is 0 Å². The van der Waals surface area contributed by atoms with E-state index in [0.717, 1.165) is 11.3 Å². The summed E-state index contributed by atoms with van der Waals surface area (Å²) in [6.07, 6.45) is 0. The molecule has 1 unspecified atom stereocenters. The molecule has 0 fully saturated rings. The molecule has 28 heavy (non-hydrogen) atoms. The van der Waals surface area contributed by atoms with Gasteiger partial charge in [0.15, 0.2) is 0 Å². The van der Waals surface area contributed by atoms with Gasteiger partial charge in [0.05, 0.1) is 28.1 Å². The minimum atomic E-state index is -3.73. The van der Waals surface area contributed by atoms with Gasteiger partial charge in [-0.05, 0) is 63.6 Å². The SMILES string of the molecule is CCOc1ccc(C(C)NC(=O)c2cc(S(=O)(=O)NC(C)C)ccc2Cl)cc1. The molecule has 6 nitrogen and oxygen atoms in total. The van der Waals surface area contributed by atoms with Crippen LogP contribution in [0.15, 0.2) is 47.4 Å². The minimum absolute atomic E-state index is 0.00975. The molecule has 0 aliphatic heterocycles. The van der Waals surface area contributed by atoms with Crippen LogP contribution in [0.4, 0.5) is 0 Å². The Labute approximate surface area is 171 Å². The van der Waals surface area contributed by atoms with Gasteiger partial charge in [0.25, 0.3) is 5.91 Å². The zero-order chi connectivity index (χ0) is 20.9. The van der Waals surface area contributed by atoms with Crippen molar-refractivity contribution in [1.82, 2.24) is 10.0 Å². The topological polar surface area (TPSA) is 84.5 Å². The zero-order valence-corrected chi connectivity index (χ0v) is 17.9. The maximum absolute atomic E-state index is 12.7. The van der Waals surface area contributed by atoms with Crippen LogP contribution >= 0.6 is 11.6 Å². The lowest BCUT2D eigenvalue weighted by Crippen LogP contribution is -2.31. The third kappa shape index (κ3) is 5.70. The monoisotopic (exact) mass is 424 g/mol. The molecule has 0 spiro atoms. The van der Waals surface area contributed by atoms with E-state index in [1.54, 1.807) is 13.8 Å². The largest absolute Gasteiger partial charge is 0.494 e. The van der Waals surface area contributed by atoms with Crippen molar-refractivity contribution in [3.8, 4) is 5.75 Å². The van der Waals surface area contributed by atoms with Gasteiger partial charge in [0.1, 0.15) is 5.75 Å². The van der Waals surface area contributed by atoms with E-state index in [4.69, 9.17) is 16.3 Å². The summed E-state index contributed by atoms with van der Waals surface area (Å²) >= 11 is 6.14. The van der Waals surface area contributed by atoms with Gasteiger partial charge < -0.3 is 10.1 Å². The minimum Gasteiger partial charge on any atom is -0.494 e. The van der Waals surface area contributed by atoms with Gasteiger partial charge in [0.2, 0.25) is 10.0 Å². The van der Waals surface area contributed by atoms with Gasteiger partial charge in [-0.3, -0.25) is 4.79 Å². The maximum atomic E-state index is 12.7. The molecule has 1 atom stereocenters. The number of benzene rings is 2. The Morgan fingerprint density at radius 3 is 2.32 bits per heavy atom. The second-order valence-electron chi connectivity index (χ2n) is 6.61. The summed E-state index contributed by atoms with van der Waals surface area (Å²) in [6, 6.07) is 10.9. The van der Waals surface area contributed by atoms with Gasteiger partial charge >= 0.3 is 0 Å². The highest BCUT2D eigenvalue weighted by molar-refractivity contribution is 7.89. The number of hydrogen-bond acceptors (Lipinski definition) is 4. The molecule has 8 heteroatoms. The number of carbonyl (C=O) groups is 1. The van der Waals surface area contributed by atoms with Gasteiger partial charge in [-0.2, -0.15) is 0 Å². The highest BCUT2D eigenvalue weighted by atomic mass is 35.5. The Hall–Kier alpha value is -2.09.